The van der Waals surface area contributed by atoms with Crippen molar-refractivity contribution in [2.75, 3.05) is 27.2 Å². The zero-order chi connectivity index (χ0) is 21.7. The van der Waals surface area contributed by atoms with Crippen molar-refractivity contribution in [3.8, 4) is 11.3 Å². The highest BCUT2D eigenvalue weighted by Gasteiger charge is 2.32. The van der Waals surface area contributed by atoms with Crippen molar-refractivity contribution >= 4 is 0 Å². The van der Waals surface area contributed by atoms with Crippen molar-refractivity contribution in [2.45, 2.75) is 26.1 Å². The molecule has 30 heavy (non-hydrogen) atoms. The predicted molar refractivity (Wildman–Crippen MR) is 111 cm³/mol. The highest BCUT2D eigenvalue weighted by Crippen LogP contribution is 2.37. The molecule has 0 radical (unpaired) electrons. The van der Waals surface area contributed by atoms with Gasteiger partial charge in [-0.1, -0.05) is 6.07 Å². The van der Waals surface area contributed by atoms with Crippen molar-refractivity contribution in [3.05, 3.63) is 70.7 Å². The van der Waals surface area contributed by atoms with Crippen LogP contribution in [0.2, 0.25) is 0 Å². The Hall–Kier alpha value is -2.71. The molecule has 2 N–H and O–H groups in total. The lowest BCUT2D eigenvalue weighted by molar-refractivity contribution is -0.137. The van der Waals surface area contributed by atoms with Gasteiger partial charge in [0, 0.05) is 49.4 Å². The molecule has 0 aliphatic heterocycles. The fraction of sp³-hybridized carbons (Fsp3) is 0.364. The summed E-state index contributed by atoms with van der Waals surface area (Å²) < 4.78 is 41.0. The van der Waals surface area contributed by atoms with Crippen LogP contribution in [0.25, 0.3) is 11.3 Å². The molecule has 0 saturated heterocycles. The number of aromatic amines is 1. The molecule has 3 rings (SSSR count). The van der Waals surface area contributed by atoms with E-state index in [1.807, 2.05) is 27.1 Å². The molecule has 0 saturated carbocycles. The maximum absolute atomic E-state index is 13.7. The van der Waals surface area contributed by atoms with Crippen molar-refractivity contribution in [1.82, 2.24) is 25.4 Å². The molecule has 160 valence electrons. The number of nitrogens with one attached hydrogen (secondary N) is 2. The number of hydrogen-bond acceptors (Lipinski definition) is 4. The van der Waals surface area contributed by atoms with Gasteiger partial charge in [-0.15, -0.1) is 0 Å². The summed E-state index contributed by atoms with van der Waals surface area (Å²) in [5.41, 5.74) is 3.52. The summed E-state index contributed by atoms with van der Waals surface area (Å²) in [6.45, 7) is 4.07. The minimum absolute atomic E-state index is 0.373. The lowest BCUT2D eigenvalue weighted by Gasteiger charge is -2.18. The first-order chi connectivity index (χ1) is 14.3. The molecule has 0 atom stereocenters. The van der Waals surface area contributed by atoms with E-state index in [2.05, 4.69) is 25.4 Å². The van der Waals surface area contributed by atoms with E-state index in [1.54, 1.807) is 24.7 Å². The molecule has 8 heteroatoms. The molecule has 2 aromatic heterocycles. The number of pyridine rings is 1. The minimum atomic E-state index is -4.44. The first-order valence-corrected chi connectivity index (χ1v) is 9.75. The smallest absolute Gasteiger partial charge is 0.318 e. The van der Waals surface area contributed by atoms with E-state index < -0.39 is 11.7 Å². The van der Waals surface area contributed by atoms with Crippen LogP contribution >= 0.6 is 0 Å². The summed E-state index contributed by atoms with van der Waals surface area (Å²) in [6, 6.07) is 6.08. The van der Waals surface area contributed by atoms with Gasteiger partial charge in [0.1, 0.15) is 0 Å². The SMILES string of the molecule is CNCCN(C)Cc1c[nH]nc1-c1cc(C(F)(F)F)cc(Cc2cccnc2)c1C. The second kappa shape index (κ2) is 9.40. The summed E-state index contributed by atoms with van der Waals surface area (Å²) in [4.78, 5) is 6.18. The molecule has 0 aliphatic carbocycles. The number of hydrogen-bond donors (Lipinski definition) is 2. The molecule has 0 bridgehead atoms. The molecular formula is C22H26F3N5. The standard InChI is InChI=1S/C22H26F3N5/c1-15-17(9-16-5-4-6-27-12-16)10-19(22(23,24)25)11-20(15)21-18(13-28-29-21)14-30(3)8-7-26-2/h4-6,10-13,26H,7-9,14H2,1-3H3,(H,28,29). The molecule has 0 spiro atoms. The van der Waals surface area contributed by atoms with Crippen LogP contribution in [0.5, 0.6) is 0 Å². The largest absolute Gasteiger partial charge is 0.416 e. The summed E-state index contributed by atoms with van der Waals surface area (Å²) >= 11 is 0. The Kier molecular flexibility index (Phi) is 6.89. The predicted octanol–water partition coefficient (Wildman–Crippen LogP) is 4.04. The van der Waals surface area contributed by atoms with Crippen molar-refractivity contribution in [2.24, 2.45) is 0 Å². The third-order valence-electron chi connectivity index (χ3n) is 5.12. The van der Waals surface area contributed by atoms with Crippen molar-refractivity contribution < 1.29 is 13.2 Å². The van der Waals surface area contributed by atoms with Gasteiger partial charge in [-0.3, -0.25) is 10.1 Å². The van der Waals surface area contributed by atoms with Crippen LogP contribution in [0.1, 0.15) is 27.8 Å². The maximum atomic E-state index is 13.7. The number of likely N-dealkylation sites (N-methyl/N-ethyl adjacent to an activating group) is 2. The Balaban J connectivity index is 2.02. The Bertz CT molecular complexity index is 967. The van der Waals surface area contributed by atoms with Gasteiger partial charge < -0.3 is 10.2 Å². The monoisotopic (exact) mass is 417 g/mol. The first kappa shape index (κ1) is 22.0. The van der Waals surface area contributed by atoms with Gasteiger partial charge in [0.05, 0.1) is 11.3 Å². The normalized spacial score (nSPS) is 12.0. The third-order valence-corrected chi connectivity index (χ3v) is 5.12. The Labute approximate surface area is 174 Å². The van der Waals surface area contributed by atoms with Gasteiger partial charge in [-0.2, -0.15) is 18.3 Å². The number of benzene rings is 1. The average Bonchev–Trinajstić information content (AvgIpc) is 3.15. The molecule has 2 heterocycles. The van der Waals surface area contributed by atoms with Crippen LogP contribution < -0.4 is 5.32 Å². The molecule has 3 aromatic rings. The lowest BCUT2D eigenvalue weighted by Crippen LogP contribution is -2.27. The van der Waals surface area contributed by atoms with Crippen LogP contribution in [0.15, 0.2) is 42.9 Å². The fourth-order valence-electron chi connectivity index (χ4n) is 3.43. The maximum Gasteiger partial charge on any atom is 0.416 e. The van der Waals surface area contributed by atoms with Gasteiger partial charge in [-0.25, -0.2) is 0 Å². The second-order valence-corrected chi connectivity index (χ2v) is 7.44. The molecule has 0 aliphatic rings. The highest BCUT2D eigenvalue weighted by molar-refractivity contribution is 5.69. The highest BCUT2D eigenvalue weighted by atomic mass is 19.4. The van der Waals surface area contributed by atoms with Gasteiger partial charge in [0.2, 0.25) is 0 Å². The number of alkyl halides is 3. The zero-order valence-corrected chi connectivity index (χ0v) is 17.3. The van der Waals surface area contributed by atoms with E-state index in [4.69, 9.17) is 0 Å². The number of halogens is 3. The van der Waals surface area contributed by atoms with Crippen LogP contribution in [0.3, 0.4) is 0 Å². The van der Waals surface area contributed by atoms with Crippen LogP contribution in [0.4, 0.5) is 13.2 Å². The molecule has 5 nitrogen and oxygen atoms in total. The quantitative estimate of drug-likeness (QED) is 0.581. The average molecular weight is 417 g/mol. The van der Waals surface area contributed by atoms with Crippen LogP contribution in [0, 0.1) is 6.92 Å². The molecular weight excluding hydrogens is 391 g/mol. The van der Waals surface area contributed by atoms with Crippen LogP contribution in [-0.4, -0.2) is 47.3 Å². The number of nitrogens with zero attached hydrogens (tertiary/aromatic N) is 3. The van der Waals surface area contributed by atoms with E-state index >= 15 is 0 Å². The van der Waals surface area contributed by atoms with E-state index in [-0.39, 0.29) is 0 Å². The second-order valence-electron chi connectivity index (χ2n) is 7.44. The minimum Gasteiger partial charge on any atom is -0.318 e. The van der Waals surface area contributed by atoms with Gasteiger partial charge in [0.25, 0.3) is 0 Å². The van der Waals surface area contributed by atoms with E-state index in [0.717, 1.165) is 29.8 Å². The van der Waals surface area contributed by atoms with Gasteiger partial charge in [-0.05, 0) is 62.3 Å². The Morgan fingerprint density at radius 1 is 1.20 bits per heavy atom. The fourth-order valence-corrected chi connectivity index (χ4v) is 3.43. The summed E-state index contributed by atoms with van der Waals surface area (Å²) in [5, 5.41) is 10.2. The summed E-state index contributed by atoms with van der Waals surface area (Å²) in [7, 11) is 3.86. The number of aromatic nitrogens is 3. The van der Waals surface area contributed by atoms with Crippen molar-refractivity contribution in [1.29, 1.82) is 0 Å². The Morgan fingerprint density at radius 2 is 2.00 bits per heavy atom. The van der Waals surface area contributed by atoms with E-state index in [0.29, 0.717) is 29.8 Å². The molecule has 0 unspecified atom stereocenters. The molecule has 0 amide bonds. The third kappa shape index (κ3) is 5.25. The van der Waals surface area contributed by atoms with Gasteiger partial charge in [0.15, 0.2) is 0 Å². The Morgan fingerprint density at radius 3 is 2.67 bits per heavy atom. The summed E-state index contributed by atoms with van der Waals surface area (Å²) in [6.07, 6.45) is 1.01. The first-order valence-electron chi connectivity index (χ1n) is 9.75. The lowest BCUT2D eigenvalue weighted by atomic mass is 9.92. The number of H-pyrrole nitrogens is 1. The van der Waals surface area contributed by atoms with E-state index in [9.17, 15) is 13.2 Å². The van der Waals surface area contributed by atoms with E-state index in [1.165, 1.54) is 12.1 Å². The summed E-state index contributed by atoms with van der Waals surface area (Å²) in [5.74, 6) is 0. The topological polar surface area (TPSA) is 56.8 Å². The van der Waals surface area contributed by atoms with Crippen LogP contribution in [-0.2, 0) is 19.1 Å². The number of rotatable bonds is 8. The zero-order valence-electron chi connectivity index (χ0n) is 17.3. The molecule has 0 fully saturated rings. The molecule has 1 aromatic carbocycles. The van der Waals surface area contributed by atoms with Gasteiger partial charge >= 0.3 is 6.18 Å². The van der Waals surface area contributed by atoms with Crippen molar-refractivity contribution in [3.63, 3.8) is 0 Å².